The zero-order valence-electron chi connectivity index (χ0n) is 14.4. The summed E-state index contributed by atoms with van der Waals surface area (Å²) in [4.78, 5) is 29.0. The Morgan fingerprint density at radius 2 is 2.00 bits per heavy atom. The first-order valence-electron chi connectivity index (χ1n) is 8.29. The Bertz CT molecular complexity index is 901. The van der Waals surface area contributed by atoms with Gasteiger partial charge in [0.15, 0.2) is 11.5 Å². The highest BCUT2D eigenvalue weighted by Gasteiger charge is 2.32. The van der Waals surface area contributed by atoms with Crippen molar-refractivity contribution in [3.8, 4) is 11.5 Å². The predicted octanol–water partition coefficient (Wildman–Crippen LogP) is 2.81. The molecule has 2 aromatic carbocycles. The van der Waals surface area contributed by atoms with Crippen LogP contribution in [0.25, 0.3) is 0 Å². The zero-order valence-corrected chi connectivity index (χ0v) is 14.4. The fraction of sp³-hybridized carbons (Fsp3) is 0.278. The quantitative estimate of drug-likeness (QED) is 0.603. The molecule has 2 atom stereocenters. The van der Waals surface area contributed by atoms with Crippen molar-refractivity contribution in [2.75, 3.05) is 13.3 Å². The largest absolute Gasteiger partial charge is 0.454 e. The minimum absolute atomic E-state index is 0.0772. The molecular formula is C18H16N2O7. The van der Waals surface area contributed by atoms with Crippen LogP contribution in [0.2, 0.25) is 0 Å². The van der Waals surface area contributed by atoms with Gasteiger partial charge in [-0.3, -0.25) is 14.9 Å². The molecule has 1 amide bonds. The minimum Gasteiger partial charge on any atom is -0.454 e. The first-order valence-corrected chi connectivity index (χ1v) is 8.29. The van der Waals surface area contributed by atoms with Crippen molar-refractivity contribution in [2.24, 2.45) is 0 Å². The third-order valence-corrected chi connectivity index (χ3v) is 4.20. The lowest BCUT2D eigenvalue weighted by atomic mass is 10.1. The Morgan fingerprint density at radius 1 is 1.19 bits per heavy atom. The number of amides is 1. The summed E-state index contributed by atoms with van der Waals surface area (Å²) in [5.41, 5.74) is 0.761. The van der Waals surface area contributed by atoms with E-state index in [0.717, 1.165) is 0 Å². The van der Waals surface area contributed by atoms with Gasteiger partial charge in [0.1, 0.15) is 0 Å². The summed E-state index contributed by atoms with van der Waals surface area (Å²) < 4.78 is 16.3. The van der Waals surface area contributed by atoms with Crippen molar-refractivity contribution >= 4 is 11.6 Å². The molecule has 0 N–H and O–H groups in total. The number of carbonyl (C=O) groups excluding carboxylic acids is 1. The van der Waals surface area contributed by atoms with Crippen LogP contribution < -0.4 is 9.47 Å². The maximum atomic E-state index is 12.8. The Balaban J connectivity index is 1.56. The van der Waals surface area contributed by atoms with Crippen molar-refractivity contribution in [1.29, 1.82) is 0 Å². The fourth-order valence-corrected chi connectivity index (χ4v) is 2.90. The van der Waals surface area contributed by atoms with E-state index < -0.39 is 11.2 Å². The number of nitro benzene ring substituents is 1. The summed E-state index contributed by atoms with van der Waals surface area (Å²) in [6.45, 7) is 2.14. The molecule has 9 nitrogen and oxygen atoms in total. The third kappa shape index (κ3) is 3.42. The molecule has 0 bridgehead atoms. The topological polar surface area (TPSA) is 100 Å². The zero-order chi connectivity index (χ0) is 19.0. The van der Waals surface area contributed by atoms with E-state index in [-0.39, 0.29) is 31.0 Å². The van der Waals surface area contributed by atoms with E-state index in [0.29, 0.717) is 22.6 Å². The van der Waals surface area contributed by atoms with E-state index in [1.807, 2.05) is 0 Å². The van der Waals surface area contributed by atoms with Crippen LogP contribution in [0.3, 0.4) is 0 Å². The number of hydroxylamine groups is 2. The first-order chi connectivity index (χ1) is 13.0. The molecule has 0 unspecified atom stereocenters. The Labute approximate surface area is 154 Å². The fourth-order valence-electron chi connectivity index (χ4n) is 2.90. The summed E-state index contributed by atoms with van der Waals surface area (Å²) in [5, 5.41) is 12.2. The van der Waals surface area contributed by atoms with E-state index in [1.165, 1.54) is 17.2 Å². The SMILES string of the molecule is C[C@@H]1CN(C(=O)c2ccc3c(c2)OCO3)O[C@@H](c2cccc([N+](=O)[O-])c2)O1. The molecule has 0 aliphatic carbocycles. The van der Waals surface area contributed by atoms with Crippen molar-refractivity contribution in [3.63, 3.8) is 0 Å². The number of hydrogen-bond donors (Lipinski definition) is 0. The predicted molar refractivity (Wildman–Crippen MR) is 91.1 cm³/mol. The minimum atomic E-state index is -0.924. The van der Waals surface area contributed by atoms with Crippen molar-refractivity contribution in [1.82, 2.24) is 5.06 Å². The standard InChI is InChI=1S/C18H16N2O7/c1-11-9-19(17(21)12-5-6-15-16(8-12)25-10-24-15)27-18(26-11)13-3-2-4-14(7-13)20(22)23/h2-8,11,18H,9-10H2,1H3/t11-,18+/m1/s1. The summed E-state index contributed by atoms with van der Waals surface area (Å²) in [5.74, 6) is 0.716. The molecule has 1 saturated heterocycles. The van der Waals surface area contributed by atoms with Gasteiger partial charge in [-0.25, -0.2) is 9.90 Å². The molecule has 0 aromatic heterocycles. The number of ether oxygens (including phenoxy) is 3. The van der Waals surface area contributed by atoms with Gasteiger partial charge in [0.05, 0.1) is 17.6 Å². The van der Waals surface area contributed by atoms with Crippen LogP contribution >= 0.6 is 0 Å². The molecule has 4 rings (SSSR count). The molecule has 2 aliphatic heterocycles. The van der Waals surface area contributed by atoms with Gasteiger partial charge in [-0.2, -0.15) is 0 Å². The van der Waals surface area contributed by atoms with Gasteiger partial charge in [-0.1, -0.05) is 12.1 Å². The number of rotatable bonds is 3. The second-order valence-electron chi connectivity index (χ2n) is 6.17. The molecule has 2 heterocycles. The van der Waals surface area contributed by atoms with Crippen LogP contribution in [0.1, 0.15) is 29.1 Å². The number of nitro groups is 1. The number of non-ortho nitro benzene ring substituents is 1. The summed E-state index contributed by atoms with van der Waals surface area (Å²) in [7, 11) is 0. The van der Waals surface area contributed by atoms with Gasteiger partial charge in [0.2, 0.25) is 13.1 Å². The van der Waals surface area contributed by atoms with Gasteiger partial charge >= 0.3 is 0 Å². The third-order valence-electron chi connectivity index (χ3n) is 4.20. The van der Waals surface area contributed by atoms with E-state index in [2.05, 4.69) is 0 Å². The summed E-state index contributed by atoms with van der Waals surface area (Å²) in [6, 6.07) is 10.8. The lowest BCUT2D eigenvalue weighted by Crippen LogP contribution is -2.44. The molecular weight excluding hydrogens is 356 g/mol. The highest BCUT2D eigenvalue weighted by Crippen LogP contribution is 2.34. The second-order valence-corrected chi connectivity index (χ2v) is 6.17. The number of benzene rings is 2. The maximum Gasteiger partial charge on any atom is 0.277 e. The van der Waals surface area contributed by atoms with Crippen molar-refractivity contribution in [2.45, 2.75) is 19.3 Å². The normalized spacial score (nSPS) is 21.1. The van der Waals surface area contributed by atoms with Gasteiger partial charge in [-0.15, -0.1) is 0 Å². The monoisotopic (exact) mass is 372 g/mol. The van der Waals surface area contributed by atoms with Gasteiger partial charge in [0, 0.05) is 23.3 Å². The molecule has 0 radical (unpaired) electrons. The van der Waals surface area contributed by atoms with Crippen LogP contribution in [0.4, 0.5) is 5.69 Å². The summed E-state index contributed by atoms with van der Waals surface area (Å²) in [6.07, 6.45) is -1.24. The molecule has 9 heteroatoms. The lowest BCUT2D eigenvalue weighted by Gasteiger charge is -2.36. The molecule has 140 valence electrons. The van der Waals surface area contributed by atoms with E-state index in [9.17, 15) is 14.9 Å². The average Bonchev–Trinajstić information content (AvgIpc) is 3.14. The maximum absolute atomic E-state index is 12.8. The second kappa shape index (κ2) is 6.86. The lowest BCUT2D eigenvalue weighted by molar-refractivity contribution is -0.385. The van der Waals surface area contributed by atoms with E-state index in [4.69, 9.17) is 19.0 Å². The number of hydrogen-bond acceptors (Lipinski definition) is 7. The van der Waals surface area contributed by atoms with Crippen LogP contribution in [0, 0.1) is 10.1 Å². The smallest absolute Gasteiger partial charge is 0.277 e. The molecule has 0 spiro atoms. The molecule has 0 saturated carbocycles. The first kappa shape index (κ1) is 17.3. The van der Waals surface area contributed by atoms with Gasteiger partial charge < -0.3 is 14.2 Å². The highest BCUT2D eigenvalue weighted by molar-refractivity contribution is 5.94. The number of carbonyl (C=O) groups is 1. The van der Waals surface area contributed by atoms with E-state index in [1.54, 1.807) is 37.3 Å². The van der Waals surface area contributed by atoms with Crippen molar-refractivity contribution < 1.29 is 28.8 Å². The van der Waals surface area contributed by atoms with E-state index >= 15 is 0 Å². The number of nitrogens with zero attached hydrogens (tertiary/aromatic N) is 2. The molecule has 27 heavy (non-hydrogen) atoms. The Hall–Kier alpha value is -3.17. The average molecular weight is 372 g/mol. The van der Waals surface area contributed by atoms with Crippen molar-refractivity contribution in [3.05, 3.63) is 63.7 Å². The Morgan fingerprint density at radius 3 is 2.81 bits per heavy atom. The highest BCUT2D eigenvalue weighted by atomic mass is 16.8. The van der Waals surface area contributed by atoms with Crippen LogP contribution in [-0.2, 0) is 9.57 Å². The molecule has 1 fully saturated rings. The van der Waals surface area contributed by atoms with Crippen LogP contribution in [0.15, 0.2) is 42.5 Å². The van der Waals surface area contributed by atoms with Gasteiger partial charge in [-0.05, 0) is 25.1 Å². The Kier molecular flexibility index (Phi) is 4.38. The number of fused-ring (bicyclic) bond motifs is 1. The molecule has 2 aromatic rings. The van der Waals surface area contributed by atoms with Gasteiger partial charge in [0.25, 0.3) is 11.6 Å². The summed E-state index contributed by atoms with van der Waals surface area (Å²) >= 11 is 0. The molecule has 2 aliphatic rings. The van der Waals surface area contributed by atoms with Crippen LogP contribution in [-0.4, -0.2) is 35.3 Å². The van der Waals surface area contributed by atoms with Crippen LogP contribution in [0.5, 0.6) is 11.5 Å².